The molecular formula is C30H25F3N8O3. The highest BCUT2D eigenvalue weighted by atomic mass is 19.4. The van der Waals surface area contributed by atoms with Gasteiger partial charge in [-0.25, -0.2) is 4.98 Å². The molecule has 11 nitrogen and oxygen atoms in total. The van der Waals surface area contributed by atoms with Gasteiger partial charge in [-0.05, 0) is 23.8 Å². The predicted octanol–water partition coefficient (Wildman–Crippen LogP) is 4.71. The van der Waals surface area contributed by atoms with Crippen molar-refractivity contribution < 1.29 is 22.6 Å². The fraction of sp³-hybridized carbons (Fsp3) is 0.167. The molecule has 0 aliphatic rings. The van der Waals surface area contributed by atoms with Crippen molar-refractivity contribution in [2.24, 2.45) is 12.8 Å². The lowest BCUT2D eigenvalue weighted by atomic mass is 10.2. The zero-order valence-corrected chi connectivity index (χ0v) is 23.2. The molecule has 1 aromatic carbocycles. The predicted molar refractivity (Wildman–Crippen MR) is 155 cm³/mol. The molecule has 0 aliphatic carbocycles. The van der Waals surface area contributed by atoms with E-state index in [-0.39, 0.29) is 59.6 Å². The van der Waals surface area contributed by atoms with Crippen LogP contribution in [0.1, 0.15) is 22.4 Å². The smallest absolute Gasteiger partial charge is 0.417 e. The van der Waals surface area contributed by atoms with Crippen LogP contribution in [0.15, 0.2) is 84.2 Å². The number of fused-ring (bicyclic) bond motifs is 1. The van der Waals surface area contributed by atoms with Crippen LogP contribution < -0.4 is 21.3 Å². The van der Waals surface area contributed by atoms with Crippen LogP contribution in [-0.4, -0.2) is 30.7 Å². The van der Waals surface area contributed by atoms with E-state index < -0.39 is 17.3 Å². The molecule has 44 heavy (non-hydrogen) atoms. The molecule has 0 fully saturated rings. The van der Waals surface area contributed by atoms with Gasteiger partial charge in [-0.2, -0.15) is 23.4 Å². The third kappa shape index (κ3) is 6.37. The summed E-state index contributed by atoms with van der Waals surface area (Å²) >= 11 is 0. The molecule has 5 aromatic rings. The number of aryl methyl sites for hydroxylation is 1. The second kappa shape index (κ2) is 12.7. The minimum Gasteiger partial charge on any atom is -0.450 e. The minimum atomic E-state index is -4.73. The molecular weight excluding hydrogens is 577 g/mol. The van der Waals surface area contributed by atoms with Gasteiger partial charge in [-0.1, -0.05) is 36.4 Å². The first-order valence-corrected chi connectivity index (χ1v) is 13.2. The van der Waals surface area contributed by atoms with Crippen molar-refractivity contribution in [2.75, 3.05) is 11.9 Å². The van der Waals surface area contributed by atoms with Gasteiger partial charge in [0.2, 0.25) is 5.95 Å². The van der Waals surface area contributed by atoms with Crippen molar-refractivity contribution in [3.8, 4) is 11.8 Å². The molecule has 4 aromatic heterocycles. The molecule has 0 saturated carbocycles. The lowest BCUT2D eigenvalue weighted by Gasteiger charge is -2.15. The van der Waals surface area contributed by atoms with E-state index in [1.807, 2.05) is 30.3 Å². The van der Waals surface area contributed by atoms with E-state index in [1.54, 1.807) is 24.4 Å². The Bertz CT molecular complexity index is 1910. The summed E-state index contributed by atoms with van der Waals surface area (Å²) in [6.07, 6.45) is 0.0314. The number of nitrogens with one attached hydrogen (secondary N) is 1. The second-order valence-electron chi connectivity index (χ2n) is 9.43. The molecule has 14 heteroatoms. The monoisotopic (exact) mass is 602 g/mol. The summed E-state index contributed by atoms with van der Waals surface area (Å²) in [4.78, 5) is 26.0. The number of aromatic nitrogens is 5. The Kier molecular flexibility index (Phi) is 8.59. The van der Waals surface area contributed by atoms with Gasteiger partial charge in [0.05, 0.1) is 25.0 Å². The van der Waals surface area contributed by atoms with Gasteiger partial charge >= 0.3 is 6.18 Å². The summed E-state index contributed by atoms with van der Waals surface area (Å²) in [5, 5.41) is 12.7. The average Bonchev–Trinajstić information content (AvgIpc) is 3.34. The van der Waals surface area contributed by atoms with E-state index in [0.717, 1.165) is 16.3 Å². The van der Waals surface area contributed by atoms with Gasteiger partial charge in [0, 0.05) is 32.2 Å². The number of nitrogens with two attached hydrogens (primary N) is 1. The normalized spacial score (nSPS) is 11.8. The van der Waals surface area contributed by atoms with Crippen LogP contribution in [0.3, 0.4) is 0 Å². The van der Waals surface area contributed by atoms with Gasteiger partial charge in [-0.3, -0.25) is 9.78 Å². The van der Waals surface area contributed by atoms with E-state index in [0.29, 0.717) is 11.8 Å². The molecule has 0 amide bonds. The molecule has 0 saturated heterocycles. The van der Waals surface area contributed by atoms with Gasteiger partial charge in [0.25, 0.3) is 5.56 Å². The molecule has 3 N–H and O–H groups in total. The number of alkyl halides is 3. The molecule has 0 radical (unpaired) electrons. The Morgan fingerprint density at radius 3 is 2.61 bits per heavy atom. The second-order valence-corrected chi connectivity index (χ2v) is 9.43. The van der Waals surface area contributed by atoms with Crippen molar-refractivity contribution in [1.82, 2.24) is 24.1 Å². The van der Waals surface area contributed by atoms with Gasteiger partial charge in [0.1, 0.15) is 28.5 Å². The number of nitrogens with zero attached hydrogens (tertiary/aromatic N) is 6. The summed E-state index contributed by atoms with van der Waals surface area (Å²) in [6, 6.07) is 17.1. The topological polar surface area (TPSA) is 146 Å². The number of anilines is 2. The maximum Gasteiger partial charge on any atom is 0.417 e. The summed E-state index contributed by atoms with van der Waals surface area (Å²) < 4.78 is 55.2. The Morgan fingerprint density at radius 2 is 1.93 bits per heavy atom. The minimum absolute atomic E-state index is 0.00218. The van der Waals surface area contributed by atoms with Crippen LogP contribution in [0.25, 0.3) is 16.9 Å². The number of benzene rings is 1. The standard InChI is InChI=1S/C30H25F3N8O3/c1-40-26-21(14-34)25(44-24(15-35)22-9-5-6-10-36-22)16-37-27(26)39-29(40)38-23-13-20(30(31,32)33)17-41(28(23)42)11-12-43-18-19-7-3-2-4-8-19/h2-10,13,15-17H,11-12,18,35H2,1H3,(H,37,38,39). The largest absolute Gasteiger partial charge is 0.450 e. The first-order valence-electron chi connectivity index (χ1n) is 13.2. The average molecular weight is 603 g/mol. The molecule has 0 atom stereocenters. The van der Waals surface area contributed by atoms with Crippen LogP contribution >= 0.6 is 0 Å². The van der Waals surface area contributed by atoms with Crippen molar-refractivity contribution in [3.63, 3.8) is 0 Å². The summed E-state index contributed by atoms with van der Waals surface area (Å²) in [5.74, 6) is 0.193. The van der Waals surface area contributed by atoms with Crippen LogP contribution in [0.4, 0.5) is 24.8 Å². The van der Waals surface area contributed by atoms with Crippen LogP contribution in [0.2, 0.25) is 0 Å². The number of ether oxygens (including phenoxy) is 2. The fourth-order valence-electron chi connectivity index (χ4n) is 4.34. The summed E-state index contributed by atoms with van der Waals surface area (Å²) in [6.45, 7) is 0.114. The highest BCUT2D eigenvalue weighted by Crippen LogP contribution is 2.32. The summed E-state index contributed by atoms with van der Waals surface area (Å²) in [5.41, 5.74) is 5.24. The third-order valence-corrected chi connectivity index (χ3v) is 6.51. The number of halogens is 3. The Hall–Kier alpha value is -5.68. The number of nitriles is 1. The van der Waals surface area contributed by atoms with E-state index in [9.17, 15) is 23.2 Å². The van der Waals surface area contributed by atoms with Crippen molar-refractivity contribution in [3.05, 3.63) is 112 Å². The fourth-order valence-corrected chi connectivity index (χ4v) is 4.34. The van der Waals surface area contributed by atoms with Gasteiger partial charge in [-0.15, -0.1) is 0 Å². The Balaban J connectivity index is 1.45. The number of imidazole rings is 1. The molecule has 0 unspecified atom stereocenters. The number of rotatable bonds is 10. The summed E-state index contributed by atoms with van der Waals surface area (Å²) in [7, 11) is 1.52. The molecule has 0 spiro atoms. The highest BCUT2D eigenvalue weighted by molar-refractivity contribution is 5.84. The van der Waals surface area contributed by atoms with Gasteiger partial charge < -0.3 is 29.7 Å². The molecule has 224 valence electrons. The maximum atomic E-state index is 13.8. The third-order valence-electron chi connectivity index (χ3n) is 6.51. The number of pyridine rings is 3. The van der Waals surface area contributed by atoms with Crippen molar-refractivity contribution in [1.29, 1.82) is 5.26 Å². The van der Waals surface area contributed by atoms with Gasteiger partial charge in [0.15, 0.2) is 17.2 Å². The first-order chi connectivity index (χ1) is 21.2. The highest BCUT2D eigenvalue weighted by Gasteiger charge is 2.32. The maximum absolute atomic E-state index is 13.8. The molecule has 0 aliphatic heterocycles. The zero-order valence-electron chi connectivity index (χ0n) is 23.2. The van der Waals surface area contributed by atoms with Crippen LogP contribution in [0, 0.1) is 11.3 Å². The SMILES string of the molecule is Cn1c(Nc2cc(C(F)(F)F)cn(CCOCc3ccccc3)c2=O)nc2ncc(OC(=CN)c3ccccn3)c(C#N)c21. The van der Waals surface area contributed by atoms with Crippen LogP contribution in [0.5, 0.6) is 5.75 Å². The quantitative estimate of drug-likeness (QED) is 0.171. The van der Waals surface area contributed by atoms with E-state index in [4.69, 9.17) is 15.2 Å². The lowest BCUT2D eigenvalue weighted by molar-refractivity contribution is -0.138. The van der Waals surface area contributed by atoms with Crippen molar-refractivity contribution >= 4 is 28.6 Å². The molecule has 4 heterocycles. The molecule has 0 bridgehead atoms. The van der Waals surface area contributed by atoms with Crippen molar-refractivity contribution in [2.45, 2.75) is 19.3 Å². The lowest BCUT2D eigenvalue weighted by Crippen LogP contribution is -2.26. The number of hydrogen-bond acceptors (Lipinski definition) is 9. The Labute approximate surface area is 248 Å². The number of hydrogen-bond donors (Lipinski definition) is 2. The van der Waals surface area contributed by atoms with E-state index >= 15 is 0 Å². The van der Waals surface area contributed by atoms with E-state index in [2.05, 4.69) is 26.3 Å². The zero-order chi connectivity index (χ0) is 31.3. The van der Waals surface area contributed by atoms with Crippen LogP contribution in [-0.2, 0) is 31.1 Å². The Morgan fingerprint density at radius 1 is 1.16 bits per heavy atom. The molecule has 5 rings (SSSR count). The first kappa shape index (κ1) is 29.8. The van der Waals surface area contributed by atoms with E-state index in [1.165, 1.54) is 24.0 Å².